The van der Waals surface area contributed by atoms with Crippen molar-refractivity contribution in [3.63, 3.8) is 0 Å². The molecule has 0 fully saturated rings. The molecule has 0 unspecified atom stereocenters. The average molecular weight is 126 g/mol. The van der Waals surface area contributed by atoms with E-state index in [2.05, 4.69) is 10.7 Å². The number of carbonyl (C=O) groups is 2. The van der Waals surface area contributed by atoms with Gasteiger partial charge in [0, 0.05) is 13.8 Å². The van der Waals surface area contributed by atoms with Crippen LogP contribution in [-0.4, -0.2) is 11.8 Å². The van der Waals surface area contributed by atoms with E-state index in [1.165, 1.54) is 6.92 Å². The first kappa shape index (κ1) is 7.70. The van der Waals surface area contributed by atoms with E-state index in [9.17, 15) is 9.59 Å². The van der Waals surface area contributed by atoms with Gasteiger partial charge in [-0.2, -0.15) is 0 Å². The van der Waals surface area contributed by atoms with Crippen molar-refractivity contribution >= 4 is 11.8 Å². The second-order valence-corrected chi connectivity index (χ2v) is 1.30. The summed E-state index contributed by atoms with van der Waals surface area (Å²) in [5.41, 5.74) is 0. The monoisotopic (exact) mass is 126 g/mol. The predicted molar refractivity (Wildman–Crippen MR) is 30.2 cm³/mol. The van der Waals surface area contributed by atoms with Gasteiger partial charge in [-0.25, -0.2) is 4.79 Å². The molecule has 0 rings (SSSR count). The molecule has 0 heterocycles. The Bertz CT molecular complexity index is 182. The number of ether oxygens (including phenoxy) is 1. The molecule has 3 nitrogen and oxygen atoms in total. The van der Waals surface area contributed by atoms with E-state index >= 15 is 0 Å². The molecule has 0 aliphatic rings. The Hall–Kier alpha value is -1.30. The summed E-state index contributed by atoms with van der Waals surface area (Å²) in [6, 6.07) is 0. The lowest BCUT2D eigenvalue weighted by molar-refractivity contribution is -0.147. The van der Waals surface area contributed by atoms with Crippen molar-refractivity contribution in [1.82, 2.24) is 0 Å². The largest absolute Gasteiger partial charge is 0.388 e. The molecular weight excluding hydrogens is 120 g/mol. The summed E-state index contributed by atoms with van der Waals surface area (Å²) in [6.07, 6.45) is 2.01. The van der Waals surface area contributed by atoms with Gasteiger partial charge in [0.05, 0.1) is 0 Å². The van der Waals surface area contributed by atoms with Gasteiger partial charge >= 0.3 is 5.97 Å². The molecule has 0 saturated carbocycles. The highest BCUT2D eigenvalue weighted by atomic mass is 16.5. The second-order valence-electron chi connectivity index (χ2n) is 1.30. The van der Waals surface area contributed by atoms with E-state index in [-0.39, 0.29) is 0 Å². The summed E-state index contributed by atoms with van der Waals surface area (Å²) in [4.78, 5) is 20.3. The van der Waals surface area contributed by atoms with Gasteiger partial charge in [-0.05, 0) is 0 Å². The van der Waals surface area contributed by atoms with E-state index in [1.807, 2.05) is 6.11 Å². The van der Waals surface area contributed by atoms with Crippen molar-refractivity contribution < 1.29 is 14.3 Å². The van der Waals surface area contributed by atoms with E-state index in [1.54, 1.807) is 0 Å². The molecule has 0 N–H and O–H groups in total. The lowest BCUT2D eigenvalue weighted by Gasteiger charge is -1.85. The van der Waals surface area contributed by atoms with Crippen LogP contribution in [0.4, 0.5) is 0 Å². The maximum atomic E-state index is 10.2. The number of ketones is 1. The quantitative estimate of drug-likeness (QED) is 0.284. The number of hydrogen-bond acceptors (Lipinski definition) is 3. The molecule has 0 saturated heterocycles. The summed E-state index contributed by atoms with van der Waals surface area (Å²) in [7, 11) is 0. The van der Waals surface area contributed by atoms with Crippen molar-refractivity contribution in [3.8, 4) is 12.0 Å². The van der Waals surface area contributed by atoms with Crippen LogP contribution < -0.4 is 0 Å². The molecule has 0 aromatic rings. The van der Waals surface area contributed by atoms with Gasteiger partial charge < -0.3 is 4.74 Å². The third-order valence-corrected chi connectivity index (χ3v) is 0.533. The highest BCUT2D eigenvalue weighted by molar-refractivity contribution is 6.32. The Balaban J connectivity index is 3.74. The Labute approximate surface area is 53.0 Å². The number of carbonyl (C=O) groups excluding carboxylic acids is 2. The Kier molecular flexibility index (Phi) is 3.14. The Morgan fingerprint density at radius 3 is 2.33 bits per heavy atom. The molecule has 0 spiro atoms. The molecule has 3 heteroatoms. The fraction of sp³-hybridized carbons (Fsp3) is 0.333. The van der Waals surface area contributed by atoms with Gasteiger partial charge in [-0.15, -0.1) is 0 Å². The molecule has 0 atom stereocenters. The van der Waals surface area contributed by atoms with Crippen LogP contribution in [0.2, 0.25) is 0 Å². The lowest BCUT2D eigenvalue weighted by atomic mass is 10.5. The standard InChI is InChI=1S/C6H6O3/c1-3-4-9-6(8)5(2)7/h1-2H3. The molecule has 0 amide bonds. The zero-order valence-electron chi connectivity index (χ0n) is 5.22. The zero-order chi connectivity index (χ0) is 7.28. The Morgan fingerprint density at radius 2 is 2.00 bits per heavy atom. The summed E-state index contributed by atoms with van der Waals surface area (Å²) in [6.45, 7) is 2.63. The smallest absolute Gasteiger partial charge is 0.366 e. The molecule has 0 aliphatic heterocycles. The van der Waals surface area contributed by atoms with Crippen LogP contribution in [0.25, 0.3) is 0 Å². The molecule has 0 bridgehead atoms. The van der Waals surface area contributed by atoms with Crippen molar-refractivity contribution in [3.05, 3.63) is 0 Å². The topological polar surface area (TPSA) is 43.4 Å². The van der Waals surface area contributed by atoms with Crippen LogP contribution in [-0.2, 0) is 14.3 Å². The van der Waals surface area contributed by atoms with E-state index in [0.717, 1.165) is 6.92 Å². The maximum absolute atomic E-state index is 10.2. The third-order valence-electron chi connectivity index (χ3n) is 0.533. The second kappa shape index (κ2) is 3.67. The first-order valence-corrected chi connectivity index (χ1v) is 2.32. The van der Waals surface area contributed by atoms with E-state index in [4.69, 9.17) is 0 Å². The van der Waals surface area contributed by atoms with Crippen molar-refractivity contribution in [2.75, 3.05) is 0 Å². The Morgan fingerprint density at radius 1 is 1.44 bits per heavy atom. The minimum Gasteiger partial charge on any atom is -0.366 e. The lowest BCUT2D eigenvalue weighted by Crippen LogP contribution is -2.10. The minimum atomic E-state index is -0.913. The van der Waals surface area contributed by atoms with E-state index in [0.29, 0.717) is 0 Å². The molecule has 0 aliphatic carbocycles. The molecule has 9 heavy (non-hydrogen) atoms. The highest BCUT2D eigenvalue weighted by Gasteiger charge is 2.05. The van der Waals surface area contributed by atoms with Gasteiger partial charge in [-0.1, -0.05) is 5.92 Å². The van der Waals surface area contributed by atoms with Crippen molar-refractivity contribution in [2.24, 2.45) is 0 Å². The molecule has 48 valence electrons. The molecule has 0 radical (unpaired) electrons. The number of rotatable bonds is 1. The third kappa shape index (κ3) is 3.30. The van der Waals surface area contributed by atoms with Gasteiger partial charge in [-0.3, -0.25) is 4.79 Å². The average Bonchev–Trinajstić information content (AvgIpc) is 1.82. The number of esters is 1. The first-order valence-electron chi connectivity index (χ1n) is 2.32. The van der Waals surface area contributed by atoms with Crippen LogP contribution in [0.5, 0.6) is 0 Å². The summed E-state index contributed by atoms with van der Waals surface area (Å²) in [5.74, 6) is 0.755. The molecular formula is C6H6O3. The highest BCUT2D eigenvalue weighted by Crippen LogP contribution is 1.75. The normalized spacial score (nSPS) is 6.89. The van der Waals surface area contributed by atoms with Gasteiger partial charge in [0.25, 0.3) is 0 Å². The SMILES string of the molecule is CC#COC(=O)C(C)=O. The van der Waals surface area contributed by atoms with E-state index < -0.39 is 11.8 Å². The first-order chi connectivity index (χ1) is 4.18. The number of hydrogen-bond donors (Lipinski definition) is 0. The molecule has 0 aromatic heterocycles. The van der Waals surface area contributed by atoms with Crippen molar-refractivity contribution in [2.45, 2.75) is 13.8 Å². The van der Waals surface area contributed by atoms with Crippen LogP contribution in [0, 0.1) is 12.0 Å². The van der Waals surface area contributed by atoms with Gasteiger partial charge in [0.2, 0.25) is 5.78 Å². The summed E-state index contributed by atoms with van der Waals surface area (Å²) in [5, 5.41) is 0. The van der Waals surface area contributed by atoms with Gasteiger partial charge in [0.15, 0.2) is 0 Å². The van der Waals surface area contributed by atoms with Crippen molar-refractivity contribution in [1.29, 1.82) is 0 Å². The number of Topliss-reactive ketones (excluding diaryl/α,β-unsaturated/α-hetero) is 1. The van der Waals surface area contributed by atoms with Crippen LogP contribution >= 0.6 is 0 Å². The fourth-order valence-corrected chi connectivity index (χ4v) is 0.169. The fourth-order valence-electron chi connectivity index (χ4n) is 0.169. The van der Waals surface area contributed by atoms with Crippen LogP contribution in [0.1, 0.15) is 13.8 Å². The minimum absolute atomic E-state index is 0.641. The van der Waals surface area contributed by atoms with Crippen LogP contribution in [0.3, 0.4) is 0 Å². The predicted octanol–water partition coefficient (Wildman–Crippen LogP) is 0.0994. The zero-order valence-corrected chi connectivity index (χ0v) is 5.22. The summed E-state index contributed by atoms with van der Waals surface area (Å²) < 4.78 is 4.10. The van der Waals surface area contributed by atoms with Gasteiger partial charge in [0.1, 0.15) is 6.11 Å². The maximum Gasteiger partial charge on any atom is 0.388 e. The molecule has 0 aromatic carbocycles. The summed E-state index contributed by atoms with van der Waals surface area (Å²) >= 11 is 0. The van der Waals surface area contributed by atoms with Crippen LogP contribution in [0.15, 0.2) is 0 Å².